The molecular formula is C46H53N3O14. The smallest absolute Gasteiger partial charge is 0.312 e. The Morgan fingerprint density at radius 3 is 2.44 bits per heavy atom. The number of ether oxygens (including phenoxy) is 6. The highest BCUT2D eigenvalue weighted by atomic mass is 16.7. The predicted octanol–water partition coefficient (Wildman–Crippen LogP) is 5.37. The minimum Gasteiger partial charge on any atom is -0.507 e. The largest absolute Gasteiger partial charge is 0.507 e. The molecule has 5 heterocycles. The predicted molar refractivity (Wildman–Crippen MR) is 230 cm³/mol. The number of carbonyl (C=O) groups is 3. The fraction of sp³-hybridized carbons (Fsp3) is 0.457. The van der Waals surface area contributed by atoms with Gasteiger partial charge in [-0.2, -0.15) is 0 Å². The van der Waals surface area contributed by atoms with Crippen LogP contribution in [0, 0.1) is 24.7 Å². The van der Waals surface area contributed by atoms with Crippen LogP contribution in [0.1, 0.15) is 57.5 Å². The van der Waals surface area contributed by atoms with Crippen LogP contribution in [-0.2, 0) is 28.5 Å². The van der Waals surface area contributed by atoms with Gasteiger partial charge in [0.25, 0.3) is 11.7 Å². The number of carbonyl (C=O) groups excluding carboxylic acids is 3. The number of phenols is 2. The van der Waals surface area contributed by atoms with Crippen LogP contribution in [0.2, 0.25) is 0 Å². The molecule has 1 aliphatic carbocycles. The van der Waals surface area contributed by atoms with Crippen LogP contribution in [0.4, 0.5) is 5.69 Å². The topological polar surface area (TPSA) is 226 Å². The number of Topliss-reactive ketones (excluding diaryl/α,β-unsaturated/α-hetero) is 1. The number of phenolic OH excluding ortho intramolecular Hbond substituents is 2. The summed E-state index contributed by atoms with van der Waals surface area (Å²) in [7, 11) is 5.20. The van der Waals surface area contributed by atoms with Crippen LogP contribution < -0.4 is 20.2 Å². The Kier molecular flexibility index (Phi) is 12.3. The summed E-state index contributed by atoms with van der Waals surface area (Å²) in [6, 6.07) is 2.83. The number of fused-ring (bicyclic) bond motifs is 9. The average molecular weight is 872 g/mol. The molecule has 1 fully saturated rings. The molecular weight excluding hydrogens is 819 g/mol. The van der Waals surface area contributed by atoms with Gasteiger partial charge in [-0.05, 0) is 34.0 Å². The van der Waals surface area contributed by atoms with E-state index >= 15 is 0 Å². The van der Waals surface area contributed by atoms with E-state index in [4.69, 9.17) is 37.8 Å². The minimum absolute atomic E-state index is 0.0133. The number of hydrogen-bond acceptors (Lipinski definition) is 16. The lowest BCUT2D eigenvalue weighted by atomic mass is 9.86. The molecule has 1 amide bonds. The van der Waals surface area contributed by atoms with Gasteiger partial charge in [-0.25, -0.2) is 4.98 Å². The lowest BCUT2D eigenvalue weighted by Gasteiger charge is -2.33. The third kappa shape index (κ3) is 8.10. The maximum Gasteiger partial charge on any atom is 0.312 e. The van der Waals surface area contributed by atoms with Crippen molar-refractivity contribution in [2.45, 2.75) is 84.8 Å². The number of rotatable bonds is 6. The Morgan fingerprint density at radius 1 is 1.03 bits per heavy atom. The molecule has 17 heteroatoms. The molecule has 0 spiro atoms. The van der Waals surface area contributed by atoms with Crippen molar-refractivity contribution < 1.29 is 62.5 Å². The molecule has 2 aromatic carbocycles. The first-order chi connectivity index (χ1) is 29.8. The summed E-state index contributed by atoms with van der Waals surface area (Å²) in [6.07, 6.45) is 3.39. The summed E-state index contributed by atoms with van der Waals surface area (Å²) >= 11 is 0. The highest BCUT2D eigenvalue weighted by molar-refractivity contribution is 6.22. The van der Waals surface area contributed by atoms with E-state index in [0.717, 1.165) is 0 Å². The molecule has 6 aliphatic rings. The first kappa shape index (κ1) is 45.0. The van der Waals surface area contributed by atoms with Gasteiger partial charge in [0.05, 0.1) is 35.5 Å². The fourth-order valence-corrected chi connectivity index (χ4v) is 8.47. The third-order valence-electron chi connectivity index (χ3n) is 12.1. The van der Waals surface area contributed by atoms with Crippen LogP contribution in [0.3, 0.4) is 0 Å². The van der Waals surface area contributed by atoms with E-state index < -0.39 is 82.7 Å². The van der Waals surface area contributed by atoms with Crippen molar-refractivity contribution >= 4 is 45.2 Å². The summed E-state index contributed by atoms with van der Waals surface area (Å²) in [5.74, 6) is -6.51. The molecule has 5 aliphatic heterocycles. The van der Waals surface area contributed by atoms with E-state index in [-0.39, 0.29) is 79.8 Å². The van der Waals surface area contributed by atoms with Gasteiger partial charge in [0, 0.05) is 73.9 Å². The summed E-state index contributed by atoms with van der Waals surface area (Å²) < 4.78 is 42.5. The second-order valence-corrected chi connectivity index (χ2v) is 16.9. The maximum atomic E-state index is 14.7. The molecule has 9 atom stereocenters. The normalized spacial score (nSPS) is 29.5. The third-order valence-corrected chi connectivity index (χ3v) is 12.1. The number of benzene rings is 3. The minimum atomic E-state index is -2.08. The molecule has 7 bridgehead atoms. The van der Waals surface area contributed by atoms with Gasteiger partial charge < -0.3 is 58.4 Å². The van der Waals surface area contributed by atoms with Gasteiger partial charge in [-0.3, -0.25) is 19.2 Å². The lowest BCUT2D eigenvalue weighted by Crippen LogP contribution is -2.46. The van der Waals surface area contributed by atoms with Crippen molar-refractivity contribution in [3.05, 3.63) is 69.6 Å². The number of hydrogen-bond donors (Lipinski definition) is 4. The van der Waals surface area contributed by atoms with E-state index in [1.54, 1.807) is 19.1 Å². The van der Waals surface area contributed by atoms with E-state index in [2.05, 4.69) is 5.32 Å². The van der Waals surface area contributed by atoms with Crippen LogP contribution in [0.15, 0.2) is 57.5 Å². The maximum absolute atomic E-state index is 14.7. The number of nitrogens with zero attached hydrogens (tertiary/aromatic N) is 2. The Balaban J connectivity index is 1.45. The molecule has 4 N–H and O–H groups in total. The zero-order valence-corrected chi connectivity index (χ0v) is 36.8. The monoisotopic (exact) mass is 871 g/mol. The van der Waals surface area contributed by atoms with Crippen molar-refractivity contribution in [3.63, 3.8) is 0 Å². The van der Waals surface area contributed by atoms with Crippen molar-refractivity contribution in [2.75, 3.05) is 39.7 Å². The van der Waals surface area contributed by atoms with Gasteiger partial charge in [0.2, 0.25) is 5.43 Å². The number of likely N-dealkylation sites (N-methyl/N-ethyl adjacent to an activating group) is 1. The Morgan fingerprint density at radius 2 is 1.76 bits per heavy atom. The molecule has 2 aromatic rings. The van der Waals surface area contributed by atoms with Crippen LogP contribution in [0.5, 0.6) is 23.0 Å². The number of esters is 1. The molecule has 0 radical (unpaired) electrons. The number of aliphatic hydroxyl groups excluding tert-OH is 1. The summed E-state index contributed by atoms with van der Waals surface area (Å²) in [5, 5.41) is 36.6. The summed E-state index contributed by atoms with van der Waals surface area (Å²) in [5.41, 5.74) is -1.50. The average Bonchev–Trinajstić information content (AvgIpc) is 3.67. The van der Waals surface area contributed by atoms with E-state index in [9.17, 15) is 34.5 Å². The molecule has 17 nitrogen and oxygen atoms in total. The van der Waals surface area contributed by atoms with Crippen LogP contribution in [0.25, 0.3) is 33.3 Å². The van der Waals surface area contributed by atoms with Gasteiger partial charge >= 0.3 is 11.8 Å². The molecule has 0 unspecified atom stereocenters. The first-order valence-corrected chi connectivity index (χ1v) is 20.7. The number of aromatic nitrogens is 1. The van der Waals surface area contributed by atoms with Crippen LogP contribution >= 0.6 is 0 Å². The first-order valence-electron chi connectivity index (χ1n) is 20.7. The summed E-state index contributed by atoms with van der Waals surface area (Å²) in [4.78, 5) is 62.5. The SMILES string of the molecule is CO[C@H]1/C=C/O[C@@]2(C)Oc3c(C)c(O)c4c(=O)c(c5oc6cc(OCCN(C)C)cc(O)c6nc-5c4c3C2=O)NC(=O)/C(C)=C\C=C\[C@H](C)[C@@H]2O[C@H]([C@H](O)[C@@H]2C)[C@H](OC(C)=O)[C@@H]1C. The highest BCUT2D eigenvalue weighted by Gasteiger charge is 2.51. The second-order valence-electron chi connectivity index (χ2n) is 16.9. The van der Waals surface area contributed by atoms with Crippen LogP contribution in [-0.4, -0.2) is 114 Å². The van der Waals surface area contributed by atoms with Gasteiger partial charge in [-0.15, -0.1) is 0 Å². The zero-order chi connectivity index (χ0) is 45.8. The van der Waals surface area contributed by atoms with E-state index in [0.29, 0.717) is 6.54 Å². The van der Waals surface area contributed by atoms with E-state index in [1.807, 2.05) is 32.8 Å². The molecule has 8 rings (SSSR count). The summed E-state index contributed by atoms with van der Waals surface area (Å²) in [6.45, 7) is 11.9. The molecule has 1 saturated heterocycles. The Hall–Kier alpha value is -6.01. The van der Waals surface area contributed by atoms with Crippen molar-refractivity contribution in [1.82, 2.24) is 9.88 Å². The molecule has 0 aromatic heterocycles. The zero-order valence-electron chi connectivity index (χ0n) is 36.8. The quantitative estimate of drug-likeness (QED) is 0.109. The standard InChI is InChI=1S/C46H53N3O14/c1-20-12-11-13-21(2)45(56)48-35-38(54)31-30(34-42(35)61-29-19-26(58-17-15-49(8)9)18-27(51)33(29)47-34)32-40(23(4)36(31)52)63-46(7,44(32)55)59-16-14-28(57-10)22(3)41(60-25(6)50)43-37(53)24(5)39(20)62-43/h11-14,16,18-20,22,24,28,37,39,41,43,51-53H,15,17H2,1-10H3,(H,48,56)/b12-11+,16-14+,21-13-/t20-,22+,24-,28-,37+,39-,41+,43+,46-/m0/s1. The molecule has 336 valence electrons. The number of ketones is 1. The van der Waals surface area contributed by atoms with E-state index in [1.165, 1.54) is 65.4 Å². The van der Waals surface area contributed by atoms with Crippen molar-refractivity contribution in [1.29, 1.82) is 0 Å². The second kappa shape index (κ2) is 17.3. The highest BCUT2D eigenvalue weighted by Crippen LogP contribution is 2.51. The number of aromatic hydroxyl groups is 2. The molecule has 0 saturated carbocycles. The van der Waals surface area contributed by atoms with Gasteiger partial charge in [0.1, 0.15) is 58.7 Å². The number of methoxy groups -OCH3 is 1. The number of anilines is 1. The molecule has 63 heavy (non-hydrogen) atoms. The van der Waals surface area contributed by atoms with Gasteiger partial charge in [0.15, 0.2) is 11.3 Å². The number of allylic oxidation sites excluding steroid dienone is 2. The number of aliphatic hydroxyl groups is 1. The fourth-order valence-electron chi connectivity index (χ4n) is 8.47. The van der Waals surface area contributed by atoms with Crippen molar-refractivity contribution in [3.8, 4) is 34.5 Å². The lowest BCUT2D eigenvalue weighted by molar-refractivity contribution is -0.168. The Labute approximate surface area is 363 Å². The Bertz CT molecular complexity index is 2610. The van der Waals surface area contributed by atoms with Gasteiger partial charge in [-0.1, -0.05) is 39.0 Å². The number of nitrogens with one attached hydrogen (secondary N) is 1. The van der Waals surface area contributed by atoms with Crippen molar-refractivity contribution in [2.24, 2.45) is 17.8 Å². The number of amides is 1.